The van der Waals surface area contributed by atoms with Crippen LogP contribution in [0.25, 0.3) is 0 Å². The summed E-state index contributed by atoms with van der Waals surface area (Å²) in [6, 6.07) is 11.5. The SMILES string of the molecule is COc1cccc(C#N)c1NC(=O)c1cc(Cl)ccc1Cl. The number of nitrogens with one attached hydrogen (secondary N) is 1. The minimum atomic E-state index is -0.469. The van der Waals surface area contributed by atoms with E-state index in [0.717, 1.165) is 0 Å². The molecule has 0 aliphatic heterocycles. The molecule has 0 aliphatic rings. The Morgan fingerprint density at radius 1 is 1.29 bits per heavy atom. The minimum absolute atomic E-state index is 0.221. The predicted octanol–water partition coefficient (Wildman–Crippen LogP) is 4.13. The molecule has 0 spiro atoms. The third kappa shape index (κ3) is 3.27. The molecular weight excluding hydrogens is 311 g/mol. The molecule has 0 radical (unpaired) electrons. The number of ether oxygens (including phenoxy) is 1. The maximum Gasteiger partial charge on any atom is 0.257 e. The highest BCUT2D eigenvalue weighted by Crippen LogP contribution is 2.29. The standard InChI is InChI=1S/C15H10Cl2N2O2/c1-21-13-4-2-3-9(8-18)14(13)19-15(20)11-7-10(16)5-6-12(11)17/h2-7H,1H3,(H,19,20). The zero-order valence-corrected chi connectivity index (χ0v) is 12.5. The molecular formula is C15H10Cl2N2O2. The summed E-state index contributed by atoms with van der Waals surface area (Å²) < 4.78 is 5.15. The number of hydrogen-bond acceptors (Lipinski definition) is 3. The summed E-state index contributed by atoms with van der Waals surface area (Å²) in [5, 5.41) is 12.4. The summed E-state index contributed by atoms with van der Waals surface area (Å²) in [5.74, 6) is -0.0796. The molecule has 106 valence electrons. The van der Waals surface area contributed by atoms with Gasteiger partial charge in [0.05, 0.1) is 23.3 Å². The van der Waals surface area contributed by atoms with Crippen LogP contribution in [0.2, 0.25) is 10.0 Å². The number of para-hydroxylation sites is 1. The first-order chi connectivity index (χ1) is 10.1. The average Bonchev–Trinajstić information content (AvgIpc) is 2.49. The maximum atomic E-state index is 12.3. The van der Waals surface area contributed by atoms with Crippen molar-refractivity contribution in [2.45, 2.75) is 0 Å². The molecule has 0 saturated heterocycles. The molecule has 0 bridgehead atoms. The number of rotatable bonds is 3. The van der Waals surface area contributed by atoms with E-state index in [1.54, 1.807) is 24.3 Å². The zero-order valence-electron chi connectivity index (χ0n) is 11.0. The molecule has 0 aromatic heterocycles. The summed E-state index contributed by atoms with van der Waals surface area (Å²) in [4.78, 5) is 12.3. The van der Waals surface area contributed by atoms with Crippen LogP contribution in [0.1, 0.15) is 15.9 Å². The van der Waals surface area contributed by atoms with Crippen molar-refractivity contribution in [1.29, 1.82) is 5.26 Å². The lowest BCUT2D eigenvalue weighted by molar-refractivity contribution is 0.102. The number of halogens is 2. The Morgan fingerprint density at radius 3 is 2.71 bits per heavy atom. The van der Waals surface area contributed by atoms with Gasteiger partial charge >= 0.3 is 0 Å². The molecule has 0 atom stereocenters. The van der Waals surface area contributed by atoms with Crippen LogP contribution in [0.3, 0.4) is 0 Å². The maximum absolute atomic E-state index is 12.3. The Labute approximate surface area is 131 Å². The van der Waals surface area contributed by atoms with Gasteiger partial charge in [-0.25, -0.2) is 0 Å². The average molecular weight is 321 g/mol. The van der Waals surface area contributed by atoms with E-state index in [0.29, 0.717) is 22.0 Å². The number of nitrogens with zero attached hydrogens (tertiary/aromatic N) is 1. The van der Waals surface area contributed by atoms with Crippen LogP contribution < -0.4 is 10.1 Å². The molecule has 0 aliphatic carbocycles. The van der Waals surface area contributed by atoms with E-state index in [4.69, 9.17) is 33.2 Å². The first-order valence-corrected chi connectivity index (χ1v) is 6.66. The Morgan fingerprint density at radius 2 is 2.05 bits per heavy atom. The van der Waals surface area contributed by atoms with E-state index in [2.05, 4.69) is 5.32 Å². The van der Waals surface area contributed by atoms with Gasteiger partial charge in [-0.3, -0.25) is 4.79 Å². The number of carbonyl (C=O) groups excluding carboxylic acids is 1. The van der Waals surface area contributed by atoms with Crippen LogP contribution in [0.15, 0.2) is 36.4 Å². The third-order valence-electron chi connectivity index (χ3n) is 2.78. The first-order valence-electron chi connectivity index (χ1n) is 5.90. The Hall–Kier alpha value is -2.22. The Kier molecular flexibility index (Phi) is 4.69. The number of carbonyl (C=O) groups is 1. The molecule has 0 heterocycles. The van der Waals surface area contributed by atoms with Gasteiger partial charge < -0.3 is 10.1 Å². The van der Waals surface area contributed by atoms with Crippen molar-refractivity contribution >= 4 is 34.8 Å². The molecule has 1 N–H and O–H groups in total. The van der Waals surface area contributed by atoms with Crippen LogP contribution in [-0.4, -0.2) is 13.0 Å². The Balaban J connectivity index is 2.41. The lowest BCUT2D eigenvalue weighted by Gasteiger charge is -2.12. The zero-order chi connectivity index (χ0) is 15.4. The Bertz CT molecular complexity index is 739. The first kappa shape index (κ1) is 15.2. The molecule has 21 heavy (non-hydrogen) atoms. The van der Waals surface area contributed by atoms with Crippen molar-refractivity contribution in [2.75, 3.05) is 12.4 Å². The van der Waals surface area contributed by atoms with Gasteiger partial charge in [0.1, 0.15) is 17.5 Å². The molecule has 2 aromatic rings. The second-order valence-electron chi connectivity index (χ2n) is 4.07. The molecule has 0 fully saturated rings. The second-order valence-corrected chi connectivity index (χ2v) is 4.92. The second kappa shape index (κ2) is 6.49. The van der Waals surface area contributed by atoms with E-state index in [1.165, 1.54) is 19.2 Å². The van der Waals surface area contributed by atoms with E-state index >= 15 is 0 Å². The van der Waals surface area contributed by atoms with Crippen molar-refractivity contribution < 1.29 is 9.53 Å². The summed E-state index contributed by atoms with van der Waals surface area (Å²) in [6.45, 7) is 0. The monoisotopic (exact) mass is 320 g/mol. The van der Waals surface area contributed by atoms with Crippen LogP contribution in [0.5, 0.6) is 5.75 Å². The van der Waals surface area contributed by atoms with Gasteiger partial charge in [-0.15, -0.1) is 0 Å². The fourth-order valence-corrected chi connectivity index (χ4v) is 2.15. The van der Waals surface area contributed by atoms with Crippen molar-refractivity contribution in [1.82, 2.24) is 0 Å². The van der Waals surface area contributed by atoms with Gasteiger partial charge in [-0.1, -0.05) is 29.3 Å². The van der Waals surface area contributed by atoms with Crippen molar-refractivity contribution in [2.24, 2.45) is 0 Å². The fraction of sp³-hybridized carbons (Fsp3) is 0.0667. The van der Waals surface area contributed by atoms with E-state index in [1.807, 2.05) is 6.07 Å². The van der Waals surface area contributed by atoms with Gasteiger partial charge in [-0.2, -0.15) is 5.26 Å². The van der Waals surface area contributed by atoms with Crippen molar-refractivity contribution in [3.8, 4) is 11.8 Å². The topological polar surface area (TPSA) is 62.1 Å². The van der Waals surface area contributed by atoms with Gasteiger partial charge in [0.15, 0.2) is 0 Å². The molecule has 1 amide bonds. The molecule has 4 nitrogen and oxygen atoms in total. The quantitative estimate of drug-likeness (QED) is 0.925. The number of anilines is 1. The smallest absolute Gasteiger partial charge is 0.257 e. The number of hydrogen-bond donors (Lipinski definition) is 1. The van der Waals surface area contributed by atoms with Crippen LogP contribution in [0.4, 0.5) is 5.69 Å². The highest BCUT2D eigenvalue weighted by molar-refractivity contribution is 6.36. The summed E-state index contributed by atoms with van der Waals surface area (Å²) in [7, 11) is 1.46. The minimum Gasteiger partial charge on any atom is -0.495 e. The van der Waals surface area contributed by atoms with Gasteiger partial charge in [0.2, 0.25) is 0 Å². The largest absolute Gasteiger partial charge is 0.495 e. The van der Waals surface area contributed by atoms with E-state index in [-0.39, 0.29) is 10.6 Å². The lowest BCUT2D eigenvalue weighted by Crippen LogP contribution is -2.14. The highest BCUT2D eigenvalue weighted by atomic mass is 35.5. The van der Waals surface area contributed by atoms with Crippen molar-refractivity contribution in [3.63, 3.8) is 0 Å². The van der Waals surface area contributed by atoms with Gasteiger partial charge in [0.25, 0.3) is 5.91 Å². The molecule has 2 rings (SSSR count). The number of nitriles is 1. The summed E-state index contributed by atoms with van der Waals surface area (Å²) >= 11 is 11.9. The molecule has 0 unspecified atom stereocenters. The lowest BCUT2D eigenvalue weighted by atomic mass is 10.1. The fourth-order valence-electron chi connectivity index (χ4n) is 1.78. The van der Waals surface area contributed by atoms with E-state index in [9.17, 15) is 4.79 Å². The summed E-state index contributed by atoms with van der Waals surface area (Å²) in [6.07, 6.45) is 0. The highest BCUT2D eigenvalue weighted by Gasteiger charge is 2.16. The molecule has 6 heteroatoms. The van der Waals surface area contributed by atoms with Crippen LogP contribution in [-0.2, 0) is 0 Å². The van der Waals surface area contributed by atoms with Crippen LogP contribution >= 0.6 is 23.2 Å². The predicted molar refractivity (Wildman–Crippen MR) is 82.1 cm³/mol. The molecule has 0 saturated carbocycles. The summed E-state index contributed by atoms with van der Waals surface area (Å²) in [5.41, 5.74) is 0.809. The van der Waals surface area contributed by atoms with E-state index < -0.39 is 5.91 Å². The van der Waals surface area contributed by atoms with Gasteiger partial charge in [-0.05, 0) is 30.3 Å². The van der Waals surface area contributed by atoms with Gasteiger partial charge in [0, 0.05) is 5.02 Å². The van der Waals surface area contributed by atoms with Crippen molar-refractivity contribution in [3.05, 3.63) is 57.6 Å². The van der Waals surface area contributed by atoms with Crippen LogP contribution in [0, 0.1) is 11.3 Å². The number of benzene rings is 2. The molecule has 2 aromatic carbocycles. The third-order valence-corrected chi connectivity index (χ3v) is 3.34. The number of amides is 1. The number of methoxy groups -OCH3 is 1. The normalized spacial score (nSPS) is 9.81.